The number of carbonyl (C=O) groups is 5. The van der Waals surface area contributed by atoms with Crippen LogP contribution in [0, 0.1) is 0 Å². The molecule has 196 valence electrons. The number of alkyl halides is 3. The molecule has 0 bridgehead atoms. The first-order chi connectivity index (χ1) is 16.8. The number of likely N-dealkylation sites (N-methyl/N-ethyl adjacent to an activating group) is 1. The van der Waals surface area contributed by atoms with Crippen LogP contribution >= 0.6 is 0 Å². The number of halogens is 3. The molecule has 2 unspecified atom stereocenters. The van der Waals surface area contributed by atoms with Gasteiger partial charge in [-0.2, -0.15) is 13.2 Å². The summed E-state index contributed by atoms with van der Waals surface area (Å²) in [4.78, 5) is 63.4. The Morgan fingerprint density at radius 1 is 1.14 bits per heavy atom. The van der Waals surface area contributed by atoms with Crippen LogP contribution in [0.15, 0.2) is 18.2 Å². The molecular weight excluding hydrogens is 491 g/mol. The normalized spacial score (nSPS) is 17.7. The highest BCUT2D eigenvalue weighted by Crippen LogP contribution is 2.35. The van der Waals surface area contributed by atoms with Crippen molar-refractivity contribution >= 4 is 29.6 Å². The van der Waals surface area contributed by atoms with E-state index in [0.717, 1.165) is 7.05 Å². The zero-order chi connectivity index (χ0) is 26.6. The SMILES string of the molecule is CC(Cc1ccc2c(c1)OC(CNC(=O)CCC(=O)ON1C(=O)CCC1=O)O2)N(C)C(=O)C(F)(F)F. The maximum Gasteiger partial charge on any atom is 0.471 e. The second kappa shape index (κ2) is 10.8. The Bertz CT molecular complexity index is 1050. The highest BCUT2D eigenvalue weighted by Gasteiger charge is 2.42. The number of hydrogen-bond donors (Lipinski definition) is 1. The molecule has 1 fully saturated rings. The second-order valence-electron chi connectivity index (χ2n) is 8.26. The van der Waals surface area contributed by atoms with E-state index in [9.17, 15) is 37.1 Å². The highest BCUT2D eigenvalue weighted by atomic mass is 19.4. The van der Waals surface area contributed by atoms with Crippen LogP contribution in [-0.4, -0.2) is 71.7 Å². The minimum absolute atomic E-state index is 0.0360. The van der Waals surface area contributed by atoms with Gasteiger partial charge in [-0.3, -0.25) is 19.2 Å². The third-order valence-electron chi connectivity index (χ3n) is 5.50. The monoisotopic (exact) mass is 515 g/mol. The van der Waals surface area contributed by atoms with Crippen molar-refractivity contribution in [2.75, 3.05) is 13.6 Å². The largest absolute Gasteiger partial charge is 0.471 e. The smallest absolute Gasteiger partial charge is 0.449 e. The number of carbonyl (C=O) groups excluding carboxylic acids is 5. The lowest BCUT2D eigenvalue weighted by molar-refractivity contribution is -0.197. The molecule has 1 saturated heterocycles. The van der Waals surface area contributed by atoms with E-state index in [-0.39, 0.29) is 38.6 Å². The summed E-state index contributed by atoms with van der Waals surface area (Å²) in [6.07, 6.45) is -6.39. The van der Waals surface area contributed by atoms with E-state index in [4.69, 9.17) is 9.47 Å². The summed E-state index contributed by atoms with van der Waals surface area (Å²) in [5.74, 6) is -3.90. The lowest BCUT2D eigenvalue weighted by Gasteiger charge is -2.25. The van der Waals surface area contributed by atoms with E-state index in [1.54, 1.807) is 18.2 Å². The van der Waals surface area contributed by atoms with E-state index < -0.39 is 48.1 Å². The topological polar surface area (TPSA) is 132 Å². The Kier molecular flexibility index (Phi) is 8.05. The minimum atomic E-state index is -4.96. The van der Waals surface area contributed by atoms with Gasteiger partial charge in [-0.25, -0.2) is 4.79 Å². The van der Waals surface area contributed by atoms with Gasteiger partial charge in [0.1, 0.15) is 0 Å². The molecule has 0 aliphatic carbocycles. The lowest BCUT2D eigenvalue weighted by atomic mass is 10.1. The van der Waals surface area contributed by atoms with E-state index >= 15 is 0 Å². The summed E-state index contributed by atoms with van der Waals surface area (Å²) in [5.41, 5.74) is 0.616. The van der Waals surface area contributed by atoms with Crippen LogP contribution in [0.5, 0.6) is 11.5 Å². The van der Waals surface area contributed by atoms with E-state index in [1.807, 2.05) is 0 Å². The molecule has 0 radical (unpaired) electrons. The number of benzene rings is 1. The molecule has 11 nitrogen and oxygen atoms in total. The van der Waals surface area contributed by atoms with E-state index in [0.29, 0.717) is 27.0 Å². The van der Waals surface area contributed by atoms with Crippen LogP contribution in [0.1, 0.15) is 38.2 Å². The Balaban J connectivity index is 1.42. The minimum Gasteiger partial charge on any atom is -0.449 e. The molecule has 0 saturated carbocycles. The molecule has 0 aromatic heterocycles. The average molecular weight is 515 g/mol. The molecule has 1 aromatic rings. The number of hydroxylamine groups is 2. The first kappa shape index (κ1) is 26.8. The number of nitrogens with zero attached hydrogens (tertiary/aromatic N) is 2. The maximum absolute atomic E-state index is 12.6. The number of nitrogens with one attached hydrogen (secondary N) is 1. The molecule has 36 heavy (non-hydrogen) atoms. The van der Waals surface area contributed by atoms with Crippen LogP contribution in [0.3, 0.4) is 0 Å². The second-order valence-corrected chi connectivity index (χ2v) is 8.26. The summed E-state index contributed by atoms with van der Waals surface area (Å²) >= 11 is 0. The van der Waals surface area contributed by atoms with Gasteiger partial charge in [0.15, 0.2) is 11.5 Å². The molecule has 3 rings (SSSR count). The lowest BCUT2D eigenvalue weighted by Crippen LogP contribution is -2.44. The van der Waals surface area contributed by atoms with Gasteiger partial charge in [0.05, 0.1) is 13.0 Å². The third-order valence-corrected chi connectivity index (χ3v) is 5.50. The molecule has 2 aliphatic rings. The van der Waals surface area contributed by atoms with Gasteiger partial charge < -0.3 is 24.5 Å². The van der Waals surface area contributed by atoms with Crippen molar-refractivity contribution in [1.82, 2.24) is 15.3 Å². The van der Waals surface area contributed by atoms with Crippen LogP contribution in [-0.2, 0) is 35.2 Å². The summed E-state index contributed by atoms with van der Waals surface area (Å²) in [6, 6.07) is 4.05. The van der Waals surface area contributed by atoms with Crippen LogP contribution in [0.2, 0.25) is 0 Å². The number of amides is 4. The van der Waals surface area contributed by atoms with Gasteiger partial charge in [-0.1, -0.05) is 6.07 Å². The fourth-order valence-electron chi connectivity index (χ4n) is 3.44. The van der Waals surface area contributed by atoms with Crippen molar-refractivity contribution in [2.24, 2.45) is 0 Å². The van der Waals surface area contributed by atoms with Gasteiger partial charge in [0.25, 0.3) is 18.1 Å². The van der Waals surface area contributed by atoms with E-state index in [1.165, 1.54) is 6.92 Å². The number of fused-ring (bicyclic) bond motifs is 1. The van der Waals surface area contributed by atoms with Crippen molar-refractivity contribution in [2.45, 2.75) is 57.5 Å². The van der Waals surface area contributed by atoms with Crippen LogP contribution in [0.25, 0.3) is 0 Å². The van der Waals surface area contributed by atoms with Crippen molar-refractivity contribution in [3.05, 3.63) is 23.8 Å². The fraction of sp³-hybridized carbons (Fsp3) is 0.500. The Labute approximate surface area is 203 Å². The summed E-state index contributed by atoms with van der Waals surface area (Å²) < 4.78 is 49.1. The molecule has 1 aromatic carbocycles. The van der Waals surface area contributed by atoms with Gasteiger partial charge in [-0.15, -0.1) is 5.06 Å². The van der Waals surface area contributed by atoms with Gasteiger partial charge >= 0.3 is 18.1 Å². The molecule has 14 heteroatoms. The number of hydrogen-bond acceptors (Lipinski definition) is 8. The van der Waals surface area contributed by atoms with Gasteiger partial charge in [0, 0.05) is 32.4 Å². The predicted octanol–water partition coefficient (Wildman–Crippen LogP) is 1.24. The molecule has 4 amide bonds. The third kappa shape index (κ3) is 6.64. The molecule has 1 N–H and O–H groups in total. The zero-order valence-corrected chi connectivity index (χ0v) is 19.4. The Hall–Kier alpha value is -3.84. The van der Waals surface area contributed by atoms with Gasteiger partial charge in [0.2, 0.25) is 5.91 Å². The standard InChI is InChI=1S/C22H24F3N3O8/c1-12(27(2)21(33)22(23,24)25)9-13-3-4-14-15(10-13)35-20(34-14)11-26-16(29)5-8-19(32)36-28-17(30)6-7-18(28)31/h3-4,10,12,20H,5-9,11H2,1-2H3,(H,26,29). The van der Waals surface area contributed by atoms with Crippen molar-refractivity contribution in [3.63, 3.8) is 0 Å². The van der Waals surface area contributed by atoms with Crippen LogP contribution < -0.4 is 14.8 Å². The Morgan fingerprint density at radius 3 is 2.42 bits per heavy atom. The quantitative estimate of drug-likeness (QED) is 0.486. The molecule has 2 heterocycles. The van der Waals surface area contributed by atoms with Crippen molar-refractivity contribution in [3.8, 4) is 11.5 Å². The fourth-order valence-corrected chi connectivity index (χ4v) is 3.44. The number of imide groups is 1. The molecule has 0 spiro atoms. The van der Waals surface area contributed by atoms with E-state index in [2.05, 4.69) is 10.2 Å². The number of ether oxygens (including phenoxy) is 2. The van der Waals surface area contributed by atoms with Crippen molar-refractivity contribution in [1.29, 1.82) is 0 Å². The molecule has 2 atom stereocenters. The summed E-state index contributed by atoms with van der Waals surface area (Å²) in [6.45, 7) is 1.42. The first-order valence-electron chi connectivity index (χ1n) is 11.0. The van der Waals surface area contributed by atoms with Crippen LogP contribution in [0.4, 0.5) is 13.2 Å². The summed E-state index contributed by atoms with van der Waals surface area (Å²) in [7, 11) is 1.08. The molecular formula is C22H24F3N3O8. The highest BCUT2D eigenvalue weighted by molar-refractivity contribution is 6.01. The van der Waals surface area contributed by atoms with Crippen molar-refractivity contribution < 1.29 is 51.5 Å². The Morgan fingerprint density at radius 2 is 1.78 bits per heavy atom. The van der Waals surface area contributed by atoms with Gasteiger partial charge in [-0.05, 0) is 31.0 Å². The number of rotatable bonds is 9. The average Bonchev–Trinajstić information content (AvgIpc) is 3.37. The predicted molar refractivity (Wildman–Crippen MR) is 113 cm³/mol. The molecule has 2 aliphatic heterocycles. The zero-order valence-electron chi connectivity index (χ0n) is 19.4. The maximum atomic E-state index is 12.6. The first-order valence-corrected chi connectivity index (χ1v) is 11.0. The summed E-state index contributed by atoms with van der Waals surface area (Å²) in [5, 5.41) is 2.92.